The molecule has 0 nitrogen and oxygen atoms in total. The Kier molecular flexibility index (Phi) is 9.66. The summed E-state index contributed by atoms with van der Waals surface area (Å²) < 4.78 is 0. The molecule has 0 aliphatic heterocycles. The lowest BCUT2D eigenvalue weighted by atomic mass is 9.72. The molecule has 1 aliphatic rings. The Bertz CT molecular complexity index is 1340. The van der Waals surface area contributed by atoms with Crippen molar-refractivity contribution in [1.29, 1.82) is 0 Å². The van der Waals surface area contributed by atoms with E-state index in [9.17, 15) is 0 Å². The summed E-state index contributed by atoms with van der Waals surface area (Å²) in [6, 6.07) is 33.0. The van der Waals surface area contributed by atoms with Crippen molar-refractivity contribution in [2.45, 2.75) is 53.9 Å². The predicted octanol–water partition coefficient (Wildman–Crippen LogP) is 9.31. The zero-order valence-electron chi connectivity index (χ0n) is 24.3. The second-order valence-electron chi connectivity index (χ2n) is 11.3. The number of hydrogen-bond donors (Lipinski definition) is 0. The van der Waals surface area contributed by atoms with Crippen molar-refractivity contribution in [3.05, 3.63) is 150 Å². The maximum Gasteiger partial charge on any atom is -0.0104 e. The Morgan fingerprint density at radius 1 is 0.692 bits per heavy atom. The van der Waals surface area contributed by atoms with Gasteiger partial charge in [-0.05, 0) is 73.8 Å². The van der Waals surface area contributed by atoms with Crippen LogP contribution in [0.3, 0.4) is 0 Å². The summed E-state index contributed by atoms with van der Waals surface area (Å²) in [4.78, 5) is 0. The molecule has 0 spiro atoms. The van der Waals surface area contributed by atoms with Crippen LogP contribution in [0.25, 0.3) is 0 Å². The van der Waals surface area contributed by atoms with Crippen LogP contribution in [-0.4, -0.2) is 5.80 Å². The van der Waals surface area contributed by atoms with Crippen LogP contribution in [0.4, 0.5) is 0 Å². The standard InChI is InChI=1S/C38H43P/c1-31(26-27-37-33(3)19-16-29-38(37,4)5)17-15-18-32(2)28-30-39(34-20-9-6-10-21-34,35-22-11-7-12-23-35)36-24-13-8-14-25-36/h6-15,17-18,20-28,30H,16,19,29H2,1-5H3/b18-15+,27-26+,31-17+,32-28+. The molecular weight excluding hydrogens is 487 g/mol. The molecule has 3 aromatic carbocycles. The van der Waals surface area contributed by atoms with Crippen LogP contribution in [0, 0.1) is 5.41 Å². The van der Waals surface area contributed by atoms with E-state index < -0.39 is 6.89 Å². The molecule has 0 N–H and O–H groups in total. The lowest BCUT2D eigenvalue weighted by Crippen LogP contribution is -2.26. The van der Waals surface area contributed by atoms with E-state index in [4.69, 9.17) is 0 Å². The van der Waals surface area contributed by atoms with E-state index in [1.165, 1.54) is 51.9 Å². The van der Waals surface area contributed by atoms with Gasteiger partial charge in [0.05, 0.1) is 0 Å². The van der Waals surface area contributed by atoms with E-state index in [-0.39, 0.29) is 5.41 Å². The van der Waals surface area contributed by atoms with Gasteiger partial charge in [-0.25, -0.2) is 0 Å². The number of hydrogen-bond acceptors (Lipinski definition) is 0. The maximum atomic E-state index is 2.48. The van der Waals surface area contributed by atoms with Crippen molar-refractivity contribution in [3.63, 3.8) is 0 Å². The minimum Gasteiger partial charge on any atom is -0.0696 e. The summed E-state index contributed by atoms with van der Waals surface area (Å²) in [5.74, 6) is 2.48. The van der Waals surface area contributed by atoms with Gasteiger partial charge in [-0.2, -0.15) is 0 Å². The molecule has 0 atom stereocenters. The molecule has 0 bridgehead atoms. The molecule has 1 heteroatoms. The molecule has 0 radical (unpaired) electrons. The topological polar surface area (TPSA) is 0 Å². The van der Waals surface area contributed by atoms with Gasteiger partial charge in [0.15, 0.2) is 0 Å². The first kappa shape index (κ1) is 28.7. The second kappa shape index (κ2) is 13.1. The average Bonchev–Trinajstić information content (AvgIpc) is 2.94. The molecule has 0 fully saturated rings. The van der Waals surface area contributed by atoms with E-state index in [1.807, 2.05) is 0 Å². The SMILES string of the molecule is CC1=C(/C=C/C(C)=C/C=C/C(C)=C/C=P(c2ccccc2)(c2ccccc2)c2ccccc2)C(C)(C)CCC1. The molecule has 0 saturated carbocycles. The lowest BCUT2D eigenvalue weighted by Gasteiger charge is -2.32. The molecule has 39 heavy (non-hydrogen) atoms. The summed E-state index contributed by atoms with van der Waals surface area (Å²) in [6.45, 7) is 9.47. The van der Waals surface area contributed by atoms with Crippen molar-refractivity contribution in [1.82, 2.24) is 0 Å². The minimum absolute atomic E-state index is 0.274. The highest BCUT2D eigenvalue weighted by molar-refractivity contribution is 7.94. The Morgan fingerprint density at radius 2 is 1.18 bits per heavy atom. The molecule has 0 saturated heterocycles. The summed E-state index contributed by atoms with van der Waals surface area (Å²) in [5.41, 5.74) is 5.84. The zero-order chi connectivity index (χ0) is 27.7. The minimum atomic E-state index is -1.97. The van der Waals surface area contributed by atoms with E-state index in [0.29, 0.717) is 0 Å². The van der Waals surface area contributed by atoms with Crippen molar-refractivity contribution in [3.8, 4) is 0 Å². The van der Waals surface area contributed by atoms with Crippen LogP contribution in [-0.2, 0) is 0 Å². The largest absolute Gasteiger partial charge is 0.0696 e. The van der Waals surface area contributed by atoms with E-state index in [0.717, 1.165) is 0 Å². The highest BCUT2D eigenvalue weighted by Gasteiger charge is 2.26. The normalized spacial score (nSPS) is 16.7. The third-order valence-electron chi connectivity index (χ3n) is 7.83. The van der Waals surface area contributed by atoms with Crippen LogP contribution in [0.15, 0.2) is 150 Å². The Labute approximate surface area is 237 Å². The third-order valence-corrected chi connectivity index (χ3v) is 11.8. The van der Waals surface area contributed by atoms with Gasteiger partial charge in [0, 0.05) is 0 Å². The fourth-order valence-corrected chi connectivity index (χ4v) is 9.41. The van der Waals surface area contributed by atoms with Gasteiger partial charge in [0.25, 0.3) is 0 Å². The Morgan fingerprint density at radius 3 is 1.67 bits per heavy atom. The van der Waals surface area contributed by atoms with Crippen molar-refractivity contribution in [2.75, 3.05) is 0 Å². The fourth-order valence-electron chi connectivity index (χ4n) is 5.61. The van der Waals surface area contributed by atoms with Gasteiger partial charge in [-0.15, -0.1) is 0 Å². The number of allylic oxidation sites excluding steroid dienone is 10. The molecule has 0 aromatic heterocycles. The highest BCUT2D eigenvalue weighted by atomic mass is 31.2. The quantitative estimate of drug-likeness (QED) is 0.201. The van der Waals surface area contributed by atoms with Crippen LogP contribution < -0.4 is 15.9 Å². The van der Waals surface area contributed by atoms with Crippen molar-refractivity contribution >= 4 is 28.6 Å². The first-order valence-electron chi connectivity index (χ1n) is 14.1. The summed E-state index contributed by atoms with van der Waals surface area (Å²) >= 11 is 0. The summed E-state index contributed by atoms with van der Waals surface area (Å²) in [7, 11) is 0. The van der Waals surface area contributed by atoms with Crippen LogP contribution in [0.5, 0.6) is 0 Å². The number of benzene rings is 3. The van der Waals surface area contributed by atoms with E-state index >= 15 is 0 Å². The van der Waals surface area contributed by atoms with Crippen LogP contribution in [0.2, 0.25) is 0 Å². The maximum absolute atomic E-state index is 2.48. The zero-order valence-corrected chi connectivity index (χ0v) is 25.2. The fraction of sp³-hybridized carbons (Fsp3) is 0.237. The first-order valence-corrected chi connectivity index (χ1v) is 16.0. The Hall–Kier alpha value is -3.34. The molecule has 1 aliphatic carbocycles. The van der Waals surface area contributed by atoms with E-state index in [1.54, 1.807) is 5.57 Å². The second-order valence-corrected chi connectivity index (χ2v) is 14.6. The Balaban J connectivity index is 1.68. The molecular formula is C38H43P. The average molecular weight is 531 g/mol. The summed E-state index contributed by atoms with van der Waals surface area (Å²) in [5, 5.41) is 4.10. The predicted molar refractivity (Wildman–Crippen MR) is 177 cm³/mol. The highest BCUT2D eigenvalue weighted by Crippen LogP contribution is 2.44. The molecule has 3 aromatic rings. The van der Waals surface area contributed by atoms with Gasteiger partial charge in [-0.3, -0.25) is 0 Å². The van der Waals surface area contributed by atoms with Crippen LogP contribution in [0.1, 0.15) is 53.9 Å². The molecule has 0 heterocycles. The summed E-state index contributed by atoms with van der Waals surface area (Å²) in [6.07, 6.45) is 17.4. The third kappa shape index (κ3) is 7.00. The van der Waals surface area contributed by atoms with Gasteiger partial charge in [0.2, 0.25) is 0 Å². The number of rotatable bonds is 8. The smallest absolute Gasteiger partial charge is 0.0104 e. The van der Waals surface area contributed by atoms with Crippen molar-refractivity contribution in [2.24, 2.45) is 5.41 Å². The molecule has 4 rings (SSSR count). The lowest BCUT2D eigenvalue weighted by molar-refractivity contribution is 0.377. The van der Waals surface area contributed by atoms with Gasteiger partial charge >= 0.3 is 0 Å². The monoisotopic (exact) mass is 530 g/mol. The van der Waals surface area contributed by atoms with Gasteiger partial charge in [0.1, 0.15) is 0 Å². The molecule has 0 amide bonds. The van der Waals surface area contributed by atoms with Crippen LogP contribution >= 0.6 is 6.89 Å². The molecule has 0 unspecified atom stereocenters. The molecule has 200 valence electrons. The van der Waals surface area contributed by atoms with Gasteiger partial charge in [-0.1, -0.05) is 164 Å². The first-order chi connectivity index (χ1) is 18.8. The van der Waals surface area contributed by atoms with E-state index in [2.05, 4.69) is 168 Å². The van der Waals surface area contributed by atoms with Gasteiger partial charge < -0.3 is 0 Å². The van der Waals surface area contributed by atoms with Crippen molar-refractivity contribution < 1.29 is 0 Å².